The molecule has 22 heavy (non-hydrogen) atoms. The molecule has 4 N–H and O–H groups in total. The zero-order valence-corrected chi connectivity index (χ0v) is 13.2. The molecule has 1 atom stereocenters. The molecule has 118 valence electrons. The topological polar surface area (TPSA) is 61.3 Å². The van der Waals surface area contributed by atoms with Gasteiger partial charge < -0.3 is 16.2 Å². The third-order valence-electron chi connectivity index (χ3n) is 4.14. The molecule has 0 saturated carbocycles. The molecule has 0 aliphatic heterocycles. The lowest BCUT2D eigenvalue weighted by Crippen LogP contribution is -2.30. The first kappa shape index (κ1) is 16.5. The molecule has 0 heterocycles. The quantitative estimate of drug-likeness (QED) is 0.787. The minimum absolute atomic E-state index is 0.383. The van der Waals surface area contributed by atoms with Crippen molar-refractivity contribution in [1.82, 2.24) is 0 Å². The van der Waals surface area contributed by atoms with Crippen LogP contribution in [0.15, 0.2) is 54.6 Å². The van der Waals surface area contributed by atoms with Gasteiger partial charge in [0.05, 0.1) is 0 Å². The van der Waals surface area contributed by atoms with Crippen molar-refractivity contribution in [2.45, 2.75) is 20.0 Å². The van der Waals surface area contributed by atoms with Crippen LogP contribution in [0.2, 0.25) is 0 Å². The summed E-state index contributed by atoms with van der Waals surface area (Å²) in [6.45, 7) is 4.11. The van der Waals surface area contributed by atoms with E-state index in [4.69, 9.17) is 16.2 Å². The minimum Gasteiger partial charge on any atom is -0.489 e. The van der Waals surface area contributed by atoms with Crippen LogP contribution in [0.5, 0.6) is 5.75 Å². The van der Waals surface area contributed by atoms with E-state index in [-0.39, 0.29) is 0 Å². The molecule has 2 aromatic carbocycles. The van der Waals surface area contributed by atoms with E-state index in [0.29, 0.717) is 31.5 Å². The summed E-state index contributed by atoms with van der Waals surface area (Å²) >= 11 is 0. The molecule has 0 aliphatic carbocycles. The maximum absolute atomic E-state index is 5.80. The van der Waals surface area contributed by atoms with Crippen molar-refractivity contribution < 1.29 is 4.74 Å². The van der Waals surface area contributed by atoms with Crippen LogP contribution >= 0.6 is 0 Å². The smallest absolute Gasteiger partial charge is 0.119 e. The molecule has 0 aliphatic rings. The van der Waals surface area contributed by atoms with Crippen molar-refractivity contribution in [1.29, 1.82) is 0 Å². The van der Waals surface area contributed by atoms with Crippen LogP contribution in [-0.4, -0.2) is 13.1 Å². The van der Waals surface area contributed by atoms with Crippen molar-refractivity contribution in [3.8, 4) is 5.75 Å². The fourth-order valence-corrected chi connectivity index (χ4v) is 2.56. The van der Waals surface area contributed by atoms with E-state index in [0.717, 1.165) is 12.2 Å². The van der Waals surface area contributed by atoms with Crippen LogP contribution in [-0.2, 0) is 13.0 Å². The van der Waals surface area contributed by atoms with Gasteiger partial charge in [-0.15, -0.1) is 0 Å². The molecule has 3 nitrogen and oxygen atoms in total. The largest absolute Gasteiger partial charge is 0.489 e. The van der Waals surface area contributed by atoms with Gasteiger partial charge in [0.15, 0.2) is 0 Å². The summed E-state index contributed by atoms with van der Waals surface area (Å²) in [5, 5.41) is 0. The fourth-order valence-electron chi connectivity index (χ4n) is 2.56. The van der Waals surface area contributed by atoms with E-state index < -0.39 is 0 Å². The summed E-state index contributed by atoms with van der Waals surface area (Å²) in [5.41, 5.74) is 14.0. The van der Waals surface area contributed by atoms with E-state index >= 15 is 0 Å². The Morgan fingerprint density at radius 1 is 0.864 bits per heavy atom. The molecule has 3 heteroatoms. The lowest BCUT2D eigenvalue weighted by molar-refractivity contribution is 0.306. The molecule has 0 radical (unpaired) electrons. The van der Waals surface area contributed by atoms with Gasteiger partial charge in [-0.2, -0.15) is 0 Å². The zero-order valence-electron chi connectivity index (χ0n) is 13.2. The molecular weight excluding hydrogens is 272 g/mol. The Balaban J connectivity index is 1.87. The van der Waals surface area contributed by atoms with Gasteiger partial charge in [-0.3, -0.25) is 0 Å². The highest BCUT2D eigenvalue weighted by Gasteiger charge is 2.14. The fraction of sp³-hybridized carbons (Fsp3) is 0.368. The molecule has 2 rings (SSSR count). The van der Waals surface area contributed by atoms with Crippen LogP contribution in [0.4, 0.5) is 0 Å². The van der Waals surface area contributed by atoms with Gasteiger partial charge in [0.2, 0.25) is 0 Å². The van der Waals surface area contributed by atoms with E-state index in [1.165, 1.54) is 11.1 Å². The number of hydrogen-bond acceptors (Lipinski definition) is 3. The first-order chi connectivity index (χ1) is 10.7. The van der Waals surface area contributed by atoms with Crippen LogP contribution in [0.25, 0.3) is 0 Å². The molecular formula is C19H26N2O. The highest BCUT2D eigenvalue weighted by molar-refractivity contribution is 5.28. The van der Waals surface area contributed by atoms with E-state index in [1.54, 1.807) is 0 Å². The zero-order chi connectivity index (χ0) is 15.8. The third kappa shape index (κ3) is 4.86. The first-order valence-electron chi connectivity index (χ1n) is 7.88. The summed E-state index contributed by atoms with van der Waals surface area (Å²) in [4.78, 5) is 0. The van der Waals surface area contributed by atoms with Crippen LogP contribution in [0, 0.1) is 11.8 Å². The second-order valence-electron chi connectivity index (χ2n) is 5.83. The van der Waals surface area contributed by atoms with E-state index in [2.05, 4.69) is 31.2 Å². The lowest BCUT2D eigenvalue weighted by Gasteiger charge is -2.20. The normalized spacial score (nSPS) is 12.4. The minimum atomic E-state index is 0.383. The molecule has 0 fully saturated rings. The van der Waals surface area contributed by atoms with Gasteiger partial charge in [-0.05, 0) is 54.6 Å². The first-order valence-corrected chi connectivity index (χ1v) is 7.88. The van der Waals surface area contributed by atoms with Crippen LogP contribution < -0.4 is 16.2 Å². The molecule has 0 bridgehead atoms. The van der Waals surface area contributed by atoms with E-state index in [9.17, 15) is 0 Å². The summed E-state index contributed by atoms with van der Waals surface area (Å²) in [5.74, 6) is 1.77. The summed E-state index contributed by atoms with van der Waals surface area (Å²) < 4.78 is 5.80. The van der Waals surface area contributed by atoms with Gasteiger partial charge in [-0.1, -0.05) is 49.4 Å². The van der Waals surface area contributed by atoms with Gasteiger partial charge >= 0.3 is 0 Å². The third-order valence-corrected chi connectivity index (χ3v) is 4.14. The van der Waals surface area contributed by atoms with Gasteiger partial charge in [0.1, 0.15) is 12.4 Å². The number of nitrogens with two attached hydrogens (primary N) is 2. The molecule has 0 spiro atoms. The highest BCUT2D eigenvalue weighted by Crippen LogP contribution is 2.19. The monoisotopic (exact) mass is 298 g/mol. The summed E-state index contributed by atoms with van der Waals surface area (Å²) in [6.07, 6.45) is 0.998. The average molecular weight is 298 g/mol. The molecule has 0 saturated heterocycles. The number of ether oxygens (including phenoxy) is 1. The van der Waals surface area contributed by atoms with Crippen LogP contribution in [0.1, 0.15) is 18.1 Å². The Labute approximate surface area is 133 Å². The second-order valence-corrected chi connectivity index (χ2v) is 5.83. The summed E-state index contributed by atoms with van der Waals surface area (Å²) in [6, 6.07) is 18.5. The molecule has 0 amide bonds. The lowest BCUT2D eigenvalue weighted by atomic mass is 9.88. The predicted molar refractivity (Wildman–Crippen MR) is 91.7 cm³/mol. The van der Waals surface area contributed by atoms with Gasteiger partial charge in [-0.25, -0.2) is 0 Å². The second kappa shape index (κ2) is 8.57. The predicted octanol–water partition coefficient (Wildman–Crippen LogP) is 2.98. The maximum atomic E-state index is 5.80. The van der Waals surface area contributed by atoms with Crippen LogP contribution in [0.3, 0.4) is 0 Å². The Morgan fingerprint density at radius 2 is 1.50 bits per heavy atom. The Bertz CT molecular complexity index is 535. The van der Waals surface area contributed by atoms with Gasteiger partial charge in [0, 0.05) is 0 Å². The molecule has 0 aromatic heterocycles. The maximum Gasteiger partial charge on any atom is 0.119 e. The SMILES string of the molecule is CC(Cc1ccc(OCc2ccccc2)cc1)C(CN)CN. The van der Waals surface area contributed by atoms with Crippen molar-refractivity contribution in [3.05, 3.63) is 65.7 Å². The molecule has 2 aromatic rings. The number of hydrogen-bond donors (Lipinski definition) is 2. The Kier molecular flexibility index (Phi) is 6.44. The summed E-state index contributed by atoms with van der Waals surface area (Å²) in [7, 11) is 0. The van der Waals surface area contributed by atoms with Crippen molar-refractivity contribution in [2.24, 2.45) is 23.3 Å². The Morgan fingerprint density at radius 3 is 2.09 bits per heavy atom. The Hall–Kier alpha value is -1.84. The average Bonchev–Trinajstić information content (AvgIpc) is 2.56. The van der Waals surface area contributed by atoms with Gasteiger partial charge in [0.25, 0.3) is 0 Å². The van der Waals surface area contributed by atoms with Crippen molar-refractivity contribution >= 4 is 0 Å². The standard InChI is InChI=1S/C19H26N2O/c1-15(18(12-20)13-21)11-16-7-9-19(10-8-16)22-14-17-5-3-2-4-6-17/h2-10,15,18H,11-14,20-21H2,1H3. The molecule has 1 unspecified atom stereocenters. The number of rotatable bonds is 8. The van der Waals surface area contributed by atoms with E-state index in [1.807, 2.05) is 30.3 Å². The number of benzene rings is 2. The van der Waals surface area contributed by atoms with Crippen molar-refractivity contribution in [2.75, 3.05) is 13.1 Å². The highest BCUT2D eigenvalue weighted by atomic mass is 16.5. The van der Waals surface area contributed by atoms with Crippen molar-refractivity contribution in [3.63, 3.8) is 0 Å².